The maximum Gasteiger partial charge on any atom is 0.500 e. The van der Waals surface area contributed by atoms with Crippen molar-refractivity contribution >= 4 is 14.8 Å². The molecular weight excluding hydrogens is 240 g/mol. The third-order valence-corrected chi connectivity index (χ3v) is 5.20. The van der Waals surface area contributed by atoms with Gasteiger partial charge in [0, 0.05) is 32.9 Å². The molecule has 0 rings (SSSR count). The number of hydrogen-bond acceptors (Lipinski definition) is 5. The molecule has 0 heterocycles. The summed E-state index contributed by atoms with van der Waals surface area (Å²) in [5.41, 5.74) is 0. The molecule has 1 atom stereocenters. The molecule has 0 aromatic carbocycles. The summed E-state index contributed by atoms with van der Waals surface area (Å²) < 4.78 is 21.3. The van der Waals surface area contributed by atoms with Gasteiger partial charge in [-0.05, 0) is 20.3 Å². The summed E-state index contributed by atoms with van der Waals surface area (Å²) in [6, 6.07) is 0.611. The molecule has 0 aliphatic carbocycles. The highest BCUT2D eigenvalue weighted by molar-refractivity contribution is 6.60. The van der Waals surface area contributed by atoms with E-state index in [0.717, 1.165) is 6.08 Å². The predicted molar refractivity (Wildman–Crippen MR) is 66.6 cm³/mol. The predicted octanol–water partition coefficient (Wildman–Crippen LogP) is 1.76. The molecule has 0 amide bonds. The second kappa shape index (κ2) is 8.41. The molecule has 1 unspecified atom stereocenters. The third-order valence-electron chi connectivity index (χ3n) is 2.33. The average Bonchev–Trinajstić information content (AvgIpc) is 2.34. The summed E-state index contributed by atoms with van der Waals surface area (Å²) in [7, 11) is 0.566. The molecule has 0 aromatic rings. The van der Waals surface area contributed by atoms with Gasteiger partial charge in [0.05, 0.1) is 6.10 Å². The quantitative estimate of drug-likeness (QED) is 0.360. The molecule has 0 radical (unpaired) electrons. The van der Waals surface area contributed by atoms with Crippen molar-refractivity contribution < 1.29 is 22.8 Å². The SMILES string of the molecule is C=CC(=O)OC(C)CC[Si](OC)(OC)OCC. The molecule has 0 N–H and O–H groups in total. The van der Waals surface area contributed by atoms with Gasteiger partial charge in [0.15, 0.2) is 0 Å². The van der Waals surface area contributed by atoms with Crippen LogP contribution in [0.1, 0.15) is 20.3 Å². The molecule has 17 heavy (non-hydrogen) atoms. The highest BCUT2D eigenvalue weighted by atomic mass is 28.4. The number of rotatable bonds is 9. The second-order valence-electron chi connectivity index (χ2n) is 3.51. The molecule has 0 bridgehead atoms. The van der Waals surface area contributed by atoms with Gasteiger partial charge in [-0.3, -0.25) is 0 Å². The maximum absolute atomic E-state index is 11.0. The van der Waals surface area contributed by atoms with E-state index in [4.69, 9.17) is 18.0 Å². The Morgan fingerprint density at radius 2 is 2.00 bits per heavy atom. The first kappa shape index (κ1) is 16.3. The van der Waals surface area contributed by atoms with Crippen LogP contribution < -0.4 is 0 Å². The van der Waals surface area contributed by atoms with E-state index in [2.05, 4.69) is 6.58 Å². The van der Waals surface area contributed by atoms with E-state index >= 15 is 0 Å². The lowest BCUT2D eigenvalue weighted by Gasteiger charge is -2.26. The van der Waals surface area contributed by atoms with Gasteiger partial charge in [-0.15, -0.1) is 0 Å². The van der Waals surface area contributed by atoms with Crippen molar-refractivity contribution in [3.05, 3.63) is 12.7 Å². The van der Waals surface area contributed by atoms with Gasteiger partial charge >= 0.3 is 14.8 Å². The van der Waals surface area contributed by atoms with Gasteiger partial charge in [0.1, 0.15) is 0 Å². The van der Waals surface area contributed by atoms with Gasteiger partial charge in [0.2, 0.25) is 0 Å². The molecule has 0 fully saturated rings. The molecule has 0 saturated carbocycles. The van der Waals surface area contributed by atoms with Gasteiger partial charge in [0.25, 0.3) is 0 Å². The number of carbonyl (C=O) groups excluding carboxylic acids is 1. The minimum absolute atomic E-state index is 0.210. The van der Waals surface area contributed by atoms with Crippen LogP contribution in [-0.4, -0.2) is 41.7 Å². The first-order chi connectivity index (χ1) is 8.03. The zero-order chi connectivity index (χ0) is 13.3. The van der Waals surface area contributed by atoms with Crippen LogP contribution in [0, 0.1) is 0 Å². The lowest BCUT2D eigenvalue weighted by atomic mass is 10.3. The largest absolute Gasteiger partial charge is 0.500 e. The van der Waals surface area contributed by atoms with Crippen molar-refractivity contribution in [2.24, 2.45) is 0 Å². The van der Waals surface area contributed by atoms with Gasteiger partial charge in [-0.1, -0.05) is 6.58 Å². The van der Waals surface area contributed by atoms with Crippen molar-refractivity contribution in [2.75, 3.05) is 20.8 Å². The Balaban J connectivity index is 4.20. The summed E-state index contributed by atoms with van der Waals surface area (Å²) in [5, 5.41) is 0. The zero-order valence-electron chi connectivity index (χ0n) is 11.0. The Bertz CT molecular complexity index is 240. The van der Waals surface area contributed by atoms with E-state index in [9.17, 15) is 4.79 Å². The number of esters is 1. The smallest absolute Gasteiger partial charge is 0.460 e. The van der Waals surface area contributed by atoms with E-state index in [1.54, 1.807) is 14.2 Å². The van der Waals surface area contributed by atoms with Crippen LogP contribution in [0.3, 0.4) is 0 Å². The van der Waals surface area contributed by atoms with Crippen LogP contribution in [0.2, 0.25) is 6.04 Å². The fourth-order valence-corrected chi connectivity index (χ4v) is 3.54. The van der Waals surface area contributed by atoms with E-state index < -0.39 is 14.8 Å². The lowest BCUT2D eigenvalue weighted by Crippen LogP contribution is -2.44. The fraction of sp³-hybridized carbons (Fsp3) is 0.727. The van der Waals surface area contributed by atoms with Crippen LogP contribution >= 0.6 is 0 Å². The Labute approximate surface area is 104 Å². The number of carbonyl (C=O) groups is 1. The first-order valence-corrected chi connectivity index (χ1v) is 7.54. The topological polar surface area (TPSA) is 54.0 Å². The zero-order valence-corrected chi connectivity index (χ0v) is 12.0. The van der Waals surface area contributed by atoms with Crippen molar-refractivity contribution in [1.29, 1.82) is 0 Å². The standard InChI is InChI=1S/C11H22O5Si/c1-6-11(12)16-10(3)8-9-17(13-4,14-5)15-7-2/h6,10H,1,7-9H2,2-5H3. The lowest BCUT2D eigenvalue weighted by molar-refractivity contribution is -0.142. The minimum atomic E-state index is -2.58. The van der Waals surface area contributed by atoms with Crippen molar-refractivity contribution in [2.45, 2.75) is 32.4 Å². The maximum atomic E-state index is 11.0. The van der Waals surface area contributed by atoms with Gasteiger partial charge in [-0.2, -0.15) is 0 Å². The molecule has 100 valence electrons. The molecule has 0 spiro atoms. The fourth-order valence-electron chi connectivity index (χ4n) is 1.38. The summed E-state index contributed by atoms with van der Waals surface area (Å²) in [6.45, 7) is 7.59. The summed E-state index contributed by atoms with van der Waals surface area (Å²) in [4.78, 5) is 11.0. The molecule has 0 aliphatic rings. The number of ether oxygens (including phenoxy) is 1. The summed E-state index contributed by atoms with van der Waals surface area (Å²) in [5.74, 6) is -0.420. The average molecular weight is 262 g/mol. The minimum Gasteiger partial charge on any atom is -0.460 e. The first-order valence-electron chi connectivity index (χ1n) is 5.60. The monoisotopic (exact) mass is 262 g/mol. The van der Waals surface area contributed by atoms with Crippen molar-refractivity contribution in [1.82, 2.24) is 0 Å². The van der Waals surface area contributed by atoms with Crippen molar-refractivity contribution in [3.8, 4) is 0 Å². The second-order valence-corrected chi connectivity index (χ2v) is 6.49. The van der Waals surface area contributed by atoms with Crippen LogP contribution in [0.4, 0.5) is 0 Å². The molecule has 6 heteroatoms. The molecule has 0 aliphatic heterocycles. The highest BCUT2D eigenvalue weighted by Crippen LogP contribution is 2.18. The molecule has 5 nitrogen and oxygen atoms in total. The van der Waals surface area contributed by atoms with Crippen LogP contribution in [-0.2, 0) is 22.8 Å². The Kier molecular flexibility index (Phi) is 8.06. The molecular formula is C11H22O5Si. The van der Waals surface area contributed by atoms with E-state index in [1.165, 1.54) is 0 Å². The Hall–Kier alpha value is -0.693. The van der Waals surface area contributed by atoms with E-state index in [1.807, 2.05) is 13.8 Å². The Morgan fingerprint density at radius 3 is 2.41 bits per heavy atom. The summed E-state index contributed by atoms with van der Waals surface area (Å²) in [6.07, 6.45) is 1.57. The molecule has 0 aromatic heterocycles. The van der Waals surface area contributed by atoms with Crippen LogP contribution in [0.25, 0.3) is 0 Å². The van der Waals surface area contributed by atoms with Crippen LogP contribution in [0.5, 0.6) is 0 Å². The third kappa shape index (κ3) is 5.97. The van der Waals surface area contributed by atoms with Crippen LogP contribution in [0.15, 0.2) is 12.7 Å². The van der Waals surface area contributed by atoms with Gasteiger partial charge in [-0.25, -0.2) is 4.79 Å². The Morgan fingerprint density at radius 1 is 1.41 bits per heavy atom. The molecule has 0 saturated heterocycles. The summed E-state index contributed by atoms with van der Waals surface area (Å²) >= 11 is 0. The van der Waals surface area contributed by atoms with E-state index in [0.29, 0.717) is 19.1 Å². The normalized spacial score (nSPS) is 13.2. The van der Waals surface area contributed by atoms with Crippen molar-refractivity contribution in [3.63, 3.8) is 0 Å². The van der Waals surface area contributed by atoms with Gasteiger partial charge < -0.3 is 18.0 Å². The van der Waals surface area contributed by atoms with E-state index in [-0.39, 0.29) is 6.10 Å². The number of hydrogen-bond donors (Lipinski definition) is 0. The highest BCUT2D eigenvalue weighted by Gasteiger charge is 2.38.